The predicted molar refractivity (Wildman–Crippen MR) is 89.8 cm³/mol. The number of nitrogens with zero attached hydrogens (tertiary/aromatic N) is 2. The Hall–Kier alpha value is -2.40. The van der Waals surface area contributed by atoms with Crippen LogP contribution in [0.2, 0.25) is 5.15 Å². The molecule has 2 heterocycles. The summed E-state index contributed by atoms with van der Waals surface area (Å²) in [6, 6.07) is 9.95. The standard InChI is InChI=1S/C17H16ClN3O2/c1-2-5-14-16(22)20-12-6-3-4-7-13(12)21(14)17(23)11-8-9-15(18)19-10-11/h3-4,6-10,14H,2,5H2,1H3,(H,20,22). The van der Waals surface area contributed by atoms with Crippen LogP contribution in [0.25, 0.3) is 0 Å². The molecule has 2 amide bonds. The Morgan fingerprint density at radius 1 is 1.30 bits per heavy atom. The van der Waals surface area contributed by atoms with Gasteiger partial charge in [-0.1, -0.05) is 37.1 Å². The van der Waals surface area contributed by atoms with Crippen LogP contribution in [0.1, 0.15) is 30.1 Å². The molecule has 1 unspecified atom stereocenters. The molecule has 0 radical (unpaired) electrons. The maximum Gasteiger partial charge on any atom is 0.260 e. The van der Waals surface area contributed by atoms with Gasteiger partial charge in [-0.15, -0.1) is 0 Å². The van der Waals surface area contributed by atoms with Gasteiger partial charge < -0.3 is 5.32 Å². The predicted octanol–water partition coefficient (Wildman–Crippen LogP) is 3.50. The lowest BCUT2D eigenvalue weighted by atomic mass is 10.0. The Labute approximate surface area is 139 Å². The average molecular weight is 330 g/mol. The molecule has 1 aliphatic rings. The van der Waals surface area contributed by atoms with E-state index in [2.05, 4.69) is 10.3 Å². The van der Waals surface area contributed by atoms with E-state index in [4.69, 9.17) is 11.6 Å². The van der Waals surface area contributed by atoms with Crippen LogP contribution in [-0.4, -0.2) is 22.8 Å². The first kappa shape index (κ1) is 15.5. The quantitative estimate of drug-likeness (QED) is 0.877. The molecule has 0 fully saturated rings. The van der Waals surface area contributed by atoms with Gasteiger partial charge in [-0.2, -0.15) is 0 Å². The van der Waals surface area contributed by atoms with Gasteiger partial charge in [0.15, 0.2) is 0 Å². The Morgan fingerprint density at radius 2 is 2.09 bits per heavy atom. The van der Waals surface area contributed by atoms with Crippen LogP contribution in [0.5, 0.6) is 0 Å². The number of rotatable bonds is 3. The molecule has 0 aliphatic carbocycles. The van der Waals surface area contributed by atoms with Gasteiger partial charge in [0, 0.05) is 6.20 Å². The molecular weight excluding hydrogens is 314 g/mol. The first-order valence-corrected chi connectivity index (χ1v) is 7.84. The number of halogens is 1. The first-order valence-electron chi connectivity index (χ1n) is 7.47. The minimum absolute atomic E-state index is 0.166. The highest BCUT2D eigenvalue weighted by Crippen LogP contribution is 2.34. The van der Waals surface area contributed by atoms with Crippen LogP contribution in [0.3, 0.4) is 0 Å². The molecular formula is C17H16ClN3O2. The average Bonchev–Trinajstić information content (AvgIpc) is 2.56. The van der Waals surface area contributed by atoms with Gasteiger partial charge in [-0.25, -0.2) is 4.98 Å². The summed E-state index contributed by atoms with van der Waals surface area (Å²) in [4.78, 5) is 30.9. The number of carbonyl (C=O) groups excluding carboxylic acids is 2. The van der Waals surface area contributed by atoms with Gasteiger partial charge in [0.1, 0.15) is 11.2 Å². The van der Waals surface area contributed by atoms with Crippen LogP contribution in [0.15, 0.2) is 42.6 Å². The van der Waals surface area contributed by atoms with E-state index in [9.17, 15) is 9.59 Å². The monoisotopic (exact) mass is 329 g/mol. The van der Waals surface area contributed by atoms with E-state index in [1.807, 2.05) is 25.1 Å². The third-order valence-electron chi connectivity index (χ3n) is 3.79. The number of hydrogen-bond acceptors (Lipinski definition) is 3. The SMILES string of the molecule is CCCC1C(=O)Nc2ccccc2N1C(=O)c1ccc(Cl)nc1. The summed E-state index contributed by atoms with van der Waals surface area (Å²) in [6.45, 7) is 1.99. The fraction of sp³-hybridized carbons (Fsp3) is 0.235. The first-order chi connectivity index (χ1) is 11.1. The molecule has 1 aromatic heterocycles. The highest BCUT2D eigenvalue weighted by atomic mass is 35.5. The molecule has 1 N–H and O–H groups in total. The zero-order chi connectivity index (χ0) is 16.4. The van der Waals surface area contributed by atoms with Crippen molar-refractivity contribution in [1.82, 2.24) is 4.98 Å². The molecule has 5 nitrogen and oxygen atoms in total. The zero-order valence-electron chi connectivity index (χ0n) is 12.6. The zero-order valence-corrected chi connectivity index (χ0v) is 13.4. The fourth-order valence-corrected chi connectivity index (χ4v) is 2.83. The highest BCUT2D eigenvalue weighted by molar-refractivity contribution is 6.29. The van der Waals surface area contributed by atoms with Crippen molar-refractivity contribution in [2.24, 2.45) is 0 Å². The van der Waals surface area contributed by atoms with Crippen molar-refractivity contribution in [3.05, 3.63) is 53.3 Å². The van der Waals surface area contributed by atoms with Gasteiger partial charge in [-0.05, 0) is 30.7 Å². The third kappa shape index (κ3) is 2.92. The maximum absolute atomic E-state index is 13.0. The second-order valence-corrected chi connectivity index (χ2v) is 5.74. The topological polar surface area (TPSA) is 62.3 Å². The fourth-order valence-electron chi connectivity index (χ4n) is 2.72. The van der Waals surface area contributed by atoms with Gasteiger partial charge >= 0.3 is 0 Å². The highest BCUT2D eigenvalue weighted by Gasteiger charge is 2.36. The van der Waals surface area contributed by atoms with E-state index in [-0.39, 0.29) is 11.8 Å². The molecule has 2 aromatic rings. The van der Waals surface area contributed by atoms with Crippen molar-refractivity contribution in [2.75, 3.05) is 10.2 Å². The number of anilines is 2. The number of nitrogens with one attached hydrogen (secondary N) is 1. The van der Waals surface area contributed by atoms with Crippen LogP contribution in [0, 0.1) is 0 Å². The second-order valence-electron chi connectivity index (χ2n) is 5.36. The molecule has 6 heteroatoms. The Bertz CT molecular complexity index is 746. The summed E-state index contributed by atoms with van der Waals surface area (Å²) < 4.78 is 0. The van der Waals surface area contributed by atoms with E-state index in [1.165, 1.54) is 6.20 Å². The van der Waals surface area contributed by atoms with Crippen LogP contribution in [-0.2, 0) is 4.79 Å². The van der Waals surface area contributed by atoms with Crippen LogP contribution < -0.4 is 10.2 Å². The van der Waals surface area contributed by atoms with Crippen molar-refractivity contribution in [3.63, 3.8) is 0 Å². The number of amides is 2. The molecule has 0 spiro atoms. The van der Waals surface area contributed by atoms with Gasteiger partial charge in [0.2, 0.25) is 5.91 Å². The summed E-state index contributed by atoms with van der Waals surface area (Å²) >= 11 is 5.78. The minimum Gasteiger partial charge on any atom is -0.322 e. The largest absolute Gasteiger partial charge is 0.322 e. The van der Waals surface area contributed by atoms with Gasteiger partial charge in [0.05, 0.1) is 16.9 Å². The lowest BCUT2D eigenvalue weighted by Crippen LogP contribution is -2.51. The smallest absolute Gasteiger partial charge is 0.260 e. The second kappa shape index (κ2) is 6.38. The normalized spacial score (nSPS) is 16.7. The van der Waals surface area contributed by atoms with Gasteiger partial charge in [-0.3, -0.25) is 14.5 Å². The Balaban J connectivity index is 2.06. The molecule has 1 aromatic carbocycles. The van der Waals surface area contributed by atoms with Crippen molar-refractivity contribution in [1.29, 1.82) is 0 Å². The molecule has 23 heavy (non-hydrogen) atoms. The Kier molecular flexibility index (Phi) is 4.30. The van der Waals surface area contributed by atoms with E-state index < -0.39 is 6.04 Å². The number of aromatic nitrogens is 1. The van der Waals surface area contributed by atoms with E-state index in [0.29, 0.717) is 28.5 Å². The Morgan fingerprint density at radius 3 is 2.78 bits per heavy atom. The van der Waals surface area contributed by atoms with Gasteiger partial charge in [0.25, 0.3) is 5.91 Å². The molecule has 118 valence electrons. The number of hydrogen-bond donors (Lipinski definition) is 1. The summed E-state index contributed by atoms with van der Waals surface area (Å²) in [7, 11) is 0. The molecule has 0 saturated carbocycles. The lowest BCUT2D eigenvalue weighted by molar-refractivity contribution is -0.117. The third-order valence-corrected chi connectivity index (χ3v) is 4.01. The summed E-state index contributed by atoms with van der Waals surface area (Å²) in [5.74, 6) is -0.421. The molecule has 3 rings (SSSR count). The van der Waals surface area contributed by atoms with Crippen molar-refractivity contribution >= 4 is 34.8 Å². The van der Waals surface area contributed by atoms with Crippen molar-refractivity contribution < 1.29 is 9.59 Å². The van der Waals surface area contributed by atoms with Crippen LogP contribution >= 0.6 is 11.6 Å². The molecule has 0 saturated heterocycles. The number of fused-ring (bicyclic) bond motifs is 1. The number of para-hydroxylation sites is 2. The minimum atomic E-state index is -0.530. The summed E-state index contributed by atoms with van der Waals surface area (Å²) in [6.07, 6.45) is 2.82. The van der Waals surface area contributed by atoms with E-state index in [0.717, 1.165) is 6.42 Å². The number of carbonyl (C=O) groups is 2. The van der Waals surface area contributed by atoms with Crippen molar-refractivity contribution in [3.8, 4) is 0 Å². The van der Waals surface area contributed by atoms with E-state index in [1.54, 1.807) is 23.1 Å². The maximum atomic E-state index is 13.0. The van der Waals surface area contributed by atoms with Crippen molar-refractivity contribution in [2.45, 2.75) is 25.8 Å². The summed E-state index contributed by atoms with van der Waals surface area (Å²) in [5.41, 5.74) is 1.74. The molecule has 1 atom stereocenters. The number of benzene rings is 1. The summed E-state index contributed by atoms with van der Waals surface area (Å²) in [5, 5.41) is 3.19. The van der Waals surface area contributed by atoms with Crippen LogP contribution in [0.4, 0.5) is 11.4 Å². The molecule has 1 aliphatic heterocycles. The van der Waals surface area contributed by atoms with E-state index >= 15 is 0 Å². The number of pyridine rings is 1. The lowest BCUT2D eigenvalue weighted by Gasteiger charge is -2.36. The molecule has 0 bridgehead atoms.